The summed E-state index contributed by atoms with van der Waals surface area (Å²) >= 11 is 6.33. The zero-order chi connectivity index (χ0) is 17.8. The fourth-order valence-corrected chi connectivity index (χ4v) is 3.68. The Hall–Kier alpha value is -1.91. The monoisotopic (exact) mass is 360 g/mol. The van der Waals surface area contributed by atoms with Gasteiger partial charge in [-0.05, 0) is 55.6 Å². The maximum Gasteiger partial charge on any atom is 0.234 e. The second-order valence-corrected chi connectivity index (χ2v) is 6.90. The molecule has 2 unspecified atom stereocenters. The summed E-state index contributed by atoms with van der Waals surface area (Å²) in [4.78, 5) is 14.6. The lowest BCUT2D eigenvalue weighted by atomic mass is 10.0. The van der Waals surface area contributed by atoms with Gasteiger partial charge in [-0.15, -0.1) is 0 Å². The van der Waals surface area contributed by atoms with E-state index in [1.165, 1.54) is 12.1 Å². The molecular weight excluding hydrogens is 339 g/mol. The SMILES string of the molecule is CC(NC(=O)CN1CCCC1c1ccccc1Cl)c1ccc(F)cc1. The molecule has 1 N–H and O–H groups in total. The average molecular weight is 361 g/mol. The Balaban J connectivity index is 1.62. The summed E-state index contributed by atoms with van der Waals surface area (Å²) < 4.78 is 13.0. The molecule has 0 bridgehead atoms. The first-order valence-corrected chi connectivity index (χ1v) is 8.95. The summed E-state index contributed by atoms with van der Waals surface area (Å²) in [5.41, 5.74) is 1.97. The maximum absolute atomic E-state index is 13.0. The quantitative estimate of drug-likeness (QED) is 0.851. The molecule has 0 aromatic heterocycles. The fourth-order valence-electron chi connectivity index (χ4n) is 3.42. The Bertz CT molecular complexity index is 735. The molecule has 1 amide bonds. The van der Waals surface area contributed by atoms with Gasteiger partial charge in [-0.3, -0.25) is 9.69 Å². The van der Waals surface area contributed by atoms with Gasteiger partial charge in [0.15, 0.2) is 0 Å². The van der Waals surface area contributed by atoms with Crippen molar-refractivity contribution in [2.24, 2.45) is 0 Å². The van der Waals surface area contributed by atoms with Crippen molar-refractivity contribution in [2.75, 3.05) is 13.1 Å². The first kappa shape index (κ1) is 17.9. The fraction of sp³-hybridized carbons (Fsp3) is 0.350. The summed E-state index contributed by atoms with van der Waals surface area (Å²) in [6.07, 6.45) is 2.06. The third-order valence-corrected chi connectivity index (χ3v) is 5.07. The second-order valence-electron chi connectivity index (χ2n) is 6.49. The van der Waals surface area contributed by atoms with E-state index in [0.29, 0.717) is 6.54 Å². The predicted molar refractivity (Wildman–Crippen MR) is 98.0 cm³/mol. The highest BCUT2D eigenvalue weighted by atomic mass is 35.5. The Morgan fingerprint density at radius 1 is 1.28 bits per heavy atom. The van der Waals surface area contributed by atoms with E-state index in [1.54, 1.807) is 12.1 Å². The van der Waals surface area contributed by atoms with Crippen LogP contribution in [0, 0.1) is 5.82 Å². The standard InChI is InChI=1S/C20H22ClFN2O/c1-14(15-8-10-16(22)11-9-15)23-20(25)13-24-12-4-7-19(24)17-5-2-3-6-18(17)21/h2-3,5-6,8-11,14,19H,4,7,12-13H2,1H3,(H,23,25). The van der Waals surface area contributed by atoms with Crippen LogP contribution in [0.2, 0.25) is 5.02 Å². The van der Waals surface area contributed by atoms with E-state index in [0.717, 1.165) is 35.5 Å². The number of rotatable bonds is 5. The van der Waals surface area contributed by atoms with Gasteiger partial charge in [-0.2, -0.15) is 0 Å². The minimum atomic E-state index is -0.276. The van der Waals surface area contributed by atoms with Gasteiger partial charge in [-0.1, -0.05) is 41.9 Å². The third-order valence-electron chi connectivity index (χ3n) is 4.72. The highest BCUT2D eigenvalue weighted by molar-refractivity contribution is 6.31. The van der Waals surface area contributed by atoms with Crippen molar-refractivity contribution in [1.29, 1.82) is 0 Å². The molecule has 3 nitrogen and oxygen atoms in total. The summed E-state index contributed by atoms with van der Waals surface area (Å²) in [5, 5.41) is 3.74. The highest BCUT2D eigenvalue weighted by Gasteiger charge is 2.29. The minimum Gasteiger partial charge on any atom is -0.348 e. The van der Waals surface area contributed by atoms with Crippen LogP contribution in [0.3, 0.4) is 0 Å². The van der Waals surface area contributed by atoms with Crippen LogP contribution in [-0.2, 0) is 4.79 Å². The number of carbonyl (C=O) groups excluding carboxylic acids is 1. The molecular formula is C20H22ClFN2O. The number of hydrogen-bond donors (Lipinski definition) is 1. The van der Waals surface area contributed by atoms with Crippen LogP contribution >= 0.6 is 11.6 Å². The van der Waals surface area contributed by atoms with E-state index >= 15 is 0 Å². The minimum absolute atomic E-state index is 0.0317. The molecule has 0 aliphatic carbocycles. The molecule has 1 aliphatic rings. The number of halogens is 2. The Kier molecular flexibility index (Phi) is 5.71. The normalized spacial score (nSPS) is 18.9. The number of amides is 1. The van der Waals surface area contributed by atoms with Crippen LogP contribution in [0.25, 0.3) is 0 Å². The van der Waals surface area contributed by atoms with E-state index in [4.69, 9.17) is 11.6 Å². The van der Waals surface area contributed by atoms with E-state index < -0.39 is 0 Å². The van der Waals surface area contributed by atoms with Crippen LogP contribution in [0.4, 0.5) is 4.39 Å². The maximum atomic E-state index is 13.0. The van der Waals surface area contributed by atoms with Gasteiger partial charge in [0, 0.05) is 11.1 Å². The van der Waals surface area contributed by atoms with Gasteiger partial charge in [0.25, 0.3) is 0 Å². The van der Waals surface area contributed by atoms with Crippen LogP contribution in [0.15, 0.2) is 48.5 Å². The smallest absolute Gasteiger partial charge is 0.234 e. The van der Waals surface area contributed by atoms with Gasteiger partial charge in [-0.25, -0.2) is 4.39 Å². The number of benzene rings is 2. The molecule has 1 heterocycles. The first-order chi connectivity index (χ1) is 12.0. The highest BCUT2D eigenvalue weighted by Crippen LogP contribution is 2.35. The largest absolute Gasteiger partial charge is 0.348 e. The summed E-state index contributed by atoms with van der Waals surface area (Å²) in [6, 6.07) is 14.1. The van der Waals surface area contributed by atoms with Crippen molar-refractivity contribution >= 4 is 17.5 Å². The van der Waals surface area contributed by atoms with Crippen molar-refractivity contribution in [3.8, 4) is 0 Å². The molecule has 25 heavy (non-hydrogen) atoms. The molecule has 1 saturated heterocycles. The van der Waals surface area contributed by atoms with Crippen LogP contribution < -0.4 is 5.32 Å². The average Bonchev–Trinajstić information content (AvgIpc) is 3.03. The molecule has 1 aliphatic heterocycles. The lowest BCUT2D eigenvalue weighted by Crippen LogP contribution is -2.38. The molecule has 3 rings (SSSR count). The molecule has 0 spiro atoms. The topological polar surface area (TPSA) is 32.3 Å². The Morgan fingerprint density at radius 2 is 2.00 bits per heavy atom. The number of carbonyl (C=O) groups is 1. The van der Waals surface area contributed by atoms with Gasteiger partial charge >= 0.3 is 0 Å². The van der Waals surface area contributed by atoms with Gasteiger partial charge in [0.05, 0.1) is 12.6 Å². The lowest BCUT2D eigenvalue weighted by Gasteiger charge is -2.26. The zero-order valence-corrected chi connectivity index (χ0v) is 15.0. The molecule has 2 aromatic rings. The first-order valence-electron chi connectivity index (χ1n) is 8.58. The molecule has 0 saturated carbocycles. The van der Waals surface area contributed by atoms with Gasteiger partial charge in [0.1, 0.15) is 5.82 Å². The number of hydrogen-bond acceptors (Lipinski definition) is 2. The number of nitrogens with one attached hydrogen (secondary N) is 1. The van der Waals surface area contributed by atoms with E-state index in [2.05, 4.69) is 10.2 Å². The molecule has 2 atom stereocenters. The summed E-state index contributed by atoms with van der Waals surface area (Å²) in [6.45, 7) is 3.12. The van der Waals surface area contributed by atoms with Crippen molar-refractivity contribution in [3.63, 3.8) is 0 Å². The molecule has 0 radical (unpaired) electrons. The third kappa shape index (κ3) is 4.39. The van der Waals surface area contributed by atoms with E-state index in [9.17, 15) is 9.18 Å². The van der Waals surface area contributed by atoms with Crippen molar-refractivity contribution < 1.29 is 9.18 Å². The van der Waals surface area contributed by atoms with Gasteiger partial charge < -0.3 is 5.32 Å². The Morgan fingerprint density at radius 3 is 2.72 bits per heavy atom. The van der Waals surface area contributed by atoms with Crippen LogP contribution in [-0.4, -0.2) is 23.9 Å². The number of nitrogens with zero attached hydrogens (tertiary/aromatic N) is 1. The molecule has 5 heteroatoms. The van der Waals surface area contributed by atoms with E-state index in [1.807, 2.05) is 31.2 Å². The van der Waals surface area contributed by atoms with E-state index in [-0.39, 0.29) is 23.8 Å². The molecule has 1 fully saturated rings. The zero-order valence-electron chi connectivity index (χ0n) is 14.2. The number of likely N-dealkylation sites (tertiary alicyclic amines) is 1. The predicted octanol–water partition coefficient (Wildman–Crippen LogP) is 4.49. The summed E-state index contributed by atoms with van der Waals surface area (Å²) in [5.74, 6) is -0.308. The van der Waals surface area contributed by atoms with Crippen molar-refractivity contribution in [2.45, 2.75) is 31.8 Å². The van der Waals surface area contributed by atoms with Crippen LogP contribution in [0.1, 0.15) is 43.0 Å². The second kappa shape index (κ2) is 7.98. The van der Waals surface area contributed by atoms with Crippen LogP contribution in [0.5, 0.6) is 0 Å². The summed E-state index contributed by atoms with van der Waals surface area (Å²) in [7, 11) is 0. The van der Waals surface area contributed by atoms with Crippen molar-refractivity contribution in [3.05, 3.63) is 70.5 Å². The van der Waals surface area contributed by atoms with Crippen molar-refractivity contribution in [1.82, 2.24) is 10.2 Å². The lowest BCUT2D eigenvalue weighted by molar-refractivity contribution is -0.123. The molecule has 2 aromatic carbocycles. The van der Waals surface area contributed by atoms with Gasteiger partial charge in [0.2, 0.25) is 5.91 Å². The Labute approximate surface area is 152 Å². The molecule has 132 valence electrons.